The van der Waals surface area contributed by atoms with E-state index >= 15 is 0 Å². The molecule has 1 aromatic heterocycles. The maximum Gasteiger partial charge on any atom is 0.433 e. The predicted molar refractivity (Wildman–Crippen MR) is 86.3 cm³/mol. The topological polar surface area (TPSA) is 85.7 Å². The van der Waals surface area contributed by atoms with E-state index in [4.69, 9.17) is 9.47 Å². The van der Waals surface area contributed by atoms with Crippen molar-refractivity contribution in [2.45, 2.75) is 32.0 Å². The van der Waals surface area contributed by atoms with Crippen molar-refractivity contribution in [3.05, 3.63) is 34.7 Å². The lowest BCUT2D eigenvalue weighted by Gasteiger charge is -2.21. The molecule has 0 radical (unpaired) electrons. The number of rotatable bonds is 5. The van der Waals surface area contributed by atoms with Gasteiger partial charge in [0.1, 0.15) is 23.8 Å². The smallest absolute Gasteiger partial charge is 0.433 e. The first-order valence-corrected chi connectivity index (χ1v) is 8.39. The molecule has 2 saturated carbocycles. The van der Waals surface area contributed by atoms with Gasteiger partial charge in [-0.2, -0.15) is 13.2 Å². The summed E-state index contributed by atoms with van der Waals surface area (Å²) in [7, 11) is 1.34. The number of nitrogens with zero attached hydrogens (tertiary/aromatic N) is 1. The number of hydrogen-bond donors (Lipinski definition) is 1. The number of ether oxygens (including phenoxy) is 2. The number of aliphatic hydroxyl groups is 1. The third-order valence-corrected chi connectivity index (χ3v) is 4.86. The summed E-state index contributed by atoms with van der Waals surface area (Å²) in [6.45, 7) is -0.587. The van der Waals surface area contributed by atoms with Crippen LogP contribution in [0, 0.1) is 11.8 Å². The van der Waals surface area contributed by atoms with Gasteiger partial charge in [-0.3, -0.25) is 9.59 Å². The molecule has 0 saturated heterocycles. The molecular formula is C18H18F3NO5. The number of carbonyl (C=O) groups excluding carboxylic acids is 2. The highest BCUT2D eigenvalue weighted by molar-refractivity contribution is 6.27. The zero-order valence-corrected chi connectivity index (χ0v) is 14.5. The van der Waals surface area contributed by atoms with Gasteiger partial charge in [-0.25, -0.2) is 4.98 Å². The summed E-state index contributed by atoms with van der Waals surface area (Å²) in [5.74, 6) is -2.23. The van der Waals surface area contributed by atoms with Crippen LogP contribution in [0.25, 0.3) is 5.76 Å². The first-order valence-electron chi connectivity index (χ1n) is 8.39. The molecule has 2 atom stereocenters. The number of aliphatic hydroxyl groups excluding tert-OH is 1. The zero-order valence-electron chi connectivity index (χ0n) is 14.5. The van der Waals surface area contributed by atoms with Crippen LogP contribution in [0.1, 0.15) is 36.2 Å². The molecular weight excluding hydrogens is 367 g/mol. The minimum atomic E-state index is -4.69. The maximum absolute atomic E-state index is 13.0. The Morgan fingerprint density at radius 2 is 1.85 bits per heavy atom. The van der Waals surface area contributed by atoms with Gasteiger partial charge in [0, 0.05) is 24.5 Å². The summed E-state index contributed by atoms with van der Waals surface area (Å²) in [5.41, 5.74) is -1.87. The van der Waals surface area contributed by atoms with Crippen LogP contribution in [0.2, 0.25) is 0 Å². The number of carbonyl (C=O) groups is 2. The predicted octanol–water partition coefficient (Wildman–Crippen LogP) is 3.06. The van der Waals surface area contributed by atoms with E-state index in [1.165, 1.54) is 7.11 Å². The fourth-order valence-electron chi connectivity index (χ4n) is 3.56. The second kappa shape index (κ2) is 7.40. The molecule has 2 unspecified atom stereocenters. The molecule has 0 amide bonds. The molecule has 2 aliphatic carbocycles. The van der Waals surface area contributed by atoms with Gasteiger partial charge >= 0.3 is 6.18 Å². The van der Waals surface area contributed by atoms with Crippen LogP contribution in [-0.4, -0.2) is 35.6 Å². The number of alkyl halides is 3. The average molecular weight is 385 g/mol. The monoisotopic (exact) mass is 385 g/mol. The van der Waals surface area contributed by atoms with E-state index in [0.29, 0.717) is 25.3 Å². The van der Waals surface area contributed by atoms with Gasteiger partial charge in [-0.05, 0) is 31.4 Å². The van der Waals surface area contributed by atoms with Crippen molar-refractivity contribution >= 4 is 17.3 Å². The zero-order chi connectivity index (χ0) is 19.8. The van der Waals surface area contributed by atoms with Crippen LogP contribution in [0.3, 0.4) is 0 Å². The van der Waals surface area contributed by atoms with Gasteiger partial charge in [-0.15, -0.1) is 0 Å². The van der Waals surface area contributed by atoms with E-state index in [2.05, 4.69) is 4.98 Å². The largest absolute Gasteiger partial charge is 0.506 e. The van der Waals surface area contributed by atoms with Crippen molar-refractivity contribution in [2.24, 2.45) is 11.8 Å². The highest BCUT2D eigenvalue weighted by Crippen LogP contribution is 2.42. The second-order valence-corrected chi connectivity index (χ2v) is 6.60. The summed E-state index contributed by atoms with van der Waals surface area (Å²) in [6.07, 6.45) is -3.08. The summed E-state index contributed by atoms with van der Waals surface area (Å²) < 4.78 is 48.7. The number of Topliss-reactive ketones (excluding diaryl/α,β-unsaturated/α-hetero) is 2. The second-order valence-electron chi connectivity index (χ2n) is 6.60. The number of aromatic nitrogens is 1. The van der Waals surface area contributed by atoms with Gasteiger partial charge in [-0.1, -0.05) is 0 Å². The van der Waals surface area contributed by atoms with Crippen molar-refractivity contribution < 1.29 is 37.3 Å². The number of fused-ring (bicyclic) bond motifs is 2. The van der Waals surface area contributed by atoms with Crippen LogP contribution in [-0.2, 0) is 31.8 Å². The van der Waals surface area contributed by atoms with E-state index in [9.17, 15) is 27.9 Å². The summed E-state index contributed by atoms with van der Waals surface area (Å²) in [5, 5.41) is 10.6. The van der Waals surface area contributed by atoms with E-state index in [-0.39, 0.29) is 42.1 Å². The van der Waals surface area contributed by atoms with Gasteiger partial charge < -0.3 is 14.6 Å². The lowest BCUT2D eigenvalue weighted by Crippen LogP contribution is -2.30. The van der Waals surface area contributed by atoms with E-state index < -0.39 is 29.2 Å². The Hall–Kier alpha value is -2.26. The molecule has 1 N–H and O–H groups in total. The minimum absolute atomic E-state index is 0.128. The highest BCUT2D eigenvalue weighted by Gasteiger charge is 2.45. The molecule has 0 spiro atoms. The number of halogens is 3. The van der Waals surface area contributed by atoms with Crippen LogP contribution in [0.15, 0.2) is 17.7 Å². The summed E-state index contributed by atoms with van der Waals surface area (Å²) in [4.78, 5) is 28.5. The lowest BCUT2D eigenvalue weighted by atomic mass is 9.81. The first kappa shape index (κ1) is 19.5. The molecule has 27 heavy (non-hydrogen) atoms. The van der Waals surface area contributed by atoms with Gasteiger partial charge in [0.25, 0.3) is 0 Å². The molecule has 6 nitrogen and oxygen atoms in total. The fraction of sp³-hybridized carbons (Fsp3) is 0.500. The molecule has 1 aromatic rings. The molecule has 2 bridgehead atoms. The van der Waals surface area contributed by atoms with Crippen LogP contribution >= 0.6 is 0 Å². The quantitative estimate of drug-likeness (QED) is 0.276. The van der Waals surface area contributed by atoms with Gasteiger partial charge in [0.05, 0.1) is 12.3 Å². The molecule has 3 rings (SSSR count). The van der Waals surface area contributed by atoms with Crippen molar-refractivity contribution in [1.29, 1.82) is 0 Å². The Bertz CT molecular complexity index is 779. The number of pyridine rings is 1. The fourth-order valence-corrected chi connectivity index (χ4v) is 3.56. The Labute approximate surface area is 153 Å². The average Bonchev–Trinajstić information content (AvgIpc) is 3.07. The molecule has 2 fully saturated rings. The Morgan fingerprint density at radius 3 is 2.41 bits per heavy atom. The Balaban J connectivity index is 2.06. The molecule has 146 valence electrons. The normalized spacial score (nSPS) is 22.4. The maximum atomic E-state index is 13.0. The lowest BCUT2D eigenvalue weighted by molar-refractivity contribution is -0.141. The Morgan fingerprint density at radius 1 is 1.22 bits per heavy atom. The summed E-state index contributed by atoms with van der Waals surface area (Å²) in [6, 6.07) is 1.69. The first-order chi connectivity index (χ1) is 12.7. The highest BCUT2D eigenvalue weighted by atomic mass is 19.4. The van der Waals surface area contributed by atoms with Crippen LogP contribution < -0.4 is 0 Å². The van der Waals surface area contributed by atoms with Crippen molar-refractivity contribution in [3.8, 4) is 0 Å². The molecule has 9 heteroatoms. The standard InChI is InChI=1S/C18H18F3NO5/c1-26-8-27-7-12-11(4-5-13(22-12)18(19,20)21)17(25)14-15(23)9-2-3-10(6-9)16(14)24/h4-5,9-10,25H,2-3,6-8H2,1H3. The van der Waals surface area contributed by atoms with E-state index in [1.54, 1.807) is 0 Å². The van der Waals surface area contributed by atoms with Crippen molar-refractivity contribution in [1.82, 2.24) is 4.98 Å². The molecule has 0 aromatic carbocycles. The molecule has 0 aliphatic heterocycles. The van der Waals surface area contributed by atoms with Crippen LogP contribution in [0.4, 0.5) is 13.2 Å². The minimum Gasteiger partial charge on any atom is -0.506 e. The third kappa shape index (κ3) is 3.74. The third-order valence-electron chi connectivity index (χ3n) is 4.86. The van der Waals surface area contributed by atoms with Crippen LogP contribution in [0.5, 0.6) is 0 Å². The molecule has 1 heterocycles. The number of methoxy groups -OCH3 is 1. The Kier molecular flexibility index (Phi) is 5.34. The summed E-state index contributed by atoms with van der Waals surface area (Å²) >= 11 is 0. The van der Waals surface area contributed by atoms with E-state index in [0.717, 1.165) is 6.07 Å². The van der Waals surface area contributed by atoms with Gasteiger partial charge in [0.15, 0.2) is 11.6 Å². The van der Waals surface area contributed by atoms with E-state index in [1.807, 2.05) is 0 Å². The number of ketones is 2. The SMILES string of the molecule is COCOCc1nc(C(F)(F)F)ccc1C(O)=C1C(=O)C2CCC(C2)C1=O. The van der Waals surface area contributed by atoms with Crippen molar-refractivity contribution in [2.75, 3.05) is 13.9 Å². The van der Waals surface area contributed by atoms with Crippen molar-refractivity contribution in [3.63, 3.8) is 0 Å². The molecule has 2 aliphatic rings. The van der Waals surface area contributed by atoms with Gasteiger partial charge in [0.2, 0.25) is 0 Å². The number of allylic oxidation sites excluding steroid dienone is 1. The number of hydrogen-bond acceptors (Lipinski definition) is 6.